The number of thioether (sulfide) groups is 1. The number of nitrogens with zero attached hydrogens (tertiary/aromatic N) is 4. The molecule has 28 heavy (non-hydrogen) atoms. The van der Waals surface area contributed by atoms with E-state index in [-0.39, 0.29) is 5.66 Å². The number of hydrogen-bond acceptors (Lipinski definition) is 7. The summed E-state index contributed by atoms with van der Waals surface area (Å²) in [5.41, 5.74) is 1.57. The van der Waals surface area contributed by atoms with E-state index in [0.717, 1.165) is 42.2 Å². The maximum atomic E-state index is 5.92. The van der Waals surface area contributed by atoms with Crippen molar-refractivity contribution in [2.45, 2.75) is 70.2 Å². The Morgan fingerprint density at radius 2 is 2.14 bits per heavy atom. The second kappa shape index (κ2) is 7.64. The van der Waals surface area contributed by atoms with Crippen molar-refractivity contribution in [3.63, 3.8) is 0 Å². The Labute approximate surface area is 174 Å². The molecular formula is C21H26N4OS2. The lowest BCUT2D eigenvalue weighted by atomic mass is 9.72. The lowest BCUT2D eigenvalue weighted by molar-refractivity contribution is 0.217. The Kier molecular flexibility index (Phi) is 5.36. The summed E-state index contributed by atoms with van der Waals surface area (Å²) in [5, 5.41) is 17.4. The zero-order valence-corrected chi connectivity index (χ0v) is 18.3. The van der Waals surface area contributed by atoms with Gasteiger partial charge in [-0.05, 0) is 42.2 Å². The quantitative estimate of drug-likeness (QED) is 0.411. The molecule has 1 aliphatic carbocycles. The van der Waals surface area contributed by atoms with Crippen molar-refractivity contribution in [1.29, 1.82) is 0 Å². The molecular weight excluding hydrogens is 388 g/mol. The molecule has 0 saturated heterocycles. The minimum Gasteiger partial charge on any atom is -0.410 e. The first-order valence-electron chi connectivity index (χ1n) is 9.84. The van der Waals surface area contributed by atoms with E-state index in [1.807, 2.05) is 11.3 Å². The van der Waals surface area contributed by atoms with Crippen molar-refractivity contribution in [2.75, 3.05) is 5.75 Å². The normalized spacial score (nSPS) is 20.0. The van der Waals surface area contributed by atoms with E-state index in [9.17, 15) is 0 Å². The van der Waals surface area contributed by atoms with Crippen LogP contribution in [-0.4, -0.2) is 21.6 Å². The largest absolute Gasteiger partial charge is 0.410 e. The molecule has 0 N–H and O–H groups in total. The average Bonchev–Trinajstić information content (AvgIpc) is 3.06. The third-order valence-electron chi connectivity index (χ3n) is 5.71. The van der Waals surface area contributed by atoms with E-state index in [1.165, 1.54) is 16.9 Å². The number of fused-ring (bicyclic) bond motifs is 1. The van der Waals surface area contributed by atoms with Crippen molar-refractivity contribution in [3.05, 3.63) is 16.5 Å². The molecule has 2 aromatic rings. The minimum atomic E-state index is -0.251. The van der Waals surface area contributed by atoms with Gasteiger partial charge in [0, 0.05) is 29.9 Å². The lowest BCUT2D eigenvalue weighted by Gasteiger charge is -2.33. The van der Waals surface area contributed by atoms with Gasteiger partial charge in [0.15, 0.2) is 5.66 Å². The van der Waals surface area contributed by atoms with Crippen molar-refractivity contribution < 1.29 is 4.42 Å². The summed E-state index contributed by atoms with van der Waals surface area (Å²) in [6.07, 6.45) is 11.3. The maximum absolute atomic E-state index is 5.92. The number of aromatic nitrogens is 2. The zero-order valence-electron chi connectivity index (χ0n) is 16.7. The van der Waals surface area contributed by atoms with Gasteiger partial charge in [0.2, 0.25) is 0 Å². The summed E-state index contributed by atoms with van der Waals surface area (Å²) >= 11 is 3.37. The minimum absolute atomic E-state index is 0.251. The summed E-state index contributed by atoms with van der Waals surface area (Å²) in [5.74, 6) is 4.87. The van der Waals surface area contributed by atoms with Crippen LogP contribution >= 0.6 is 23.1 Å². The van der Waals surface area contributed by atoms with Gasteiger partial charge in [-0.1, -0.05) is 32.5 Å². The molecule has 1 atom stereocenters. The van der Waals surface area contributed by atoms with Crippen molar-refractivity contribution in [2.24, 2.45) is 21.6 Å². The summed E-state index contributed by atoms with van der Waals surface area (Å²) in [6.45, 7) is 7.03. The molecule has 2 aliphatic rings. The summed E-state index contributed by atoms with van der Waals surface area (Å²) in [6, 6.07) is 2.26. The molecule has 0 fully saturated rings. The molecule has 7 heteroatoms. The van der Waals surface area contributed by atoms with Gasteiger partial charge in [0.05, 0.1) is 4.88 Å². The van der Waals surface area contributed by atoms with Gasteiger partial charge >= 0.3 is 0 Å². The van der Waals surface area contributed by atoms with Gasteiger partial charge in [-0.15, -0.1) is 33.9 Å². The Balaban J connectivity index is 1.35. The number of rotatable bonds is 7. The molecule has 0 saturated carbocycles. The standard InChI is InChI=1S/C21H26N4OS2/c1-5-6-9-21(24-25-21)10-11-27-19-23-22-18(26-19)17-13-14-12-15(20(2,3)4)7-8-16(14)28-17/h1,13,15H,6-12H2,2-4H3. The fraction of sp³-hybridized carbons (Fsp3) is 0.619. The highest BCUT2D eigenvalue weighted by Crippen LogP contribution is 2.43. The van der Waals surface area contributed by atoms with E-state index in [2.05, 4.69) is 53.2 Å². The predicted octanol–water partition coefficient (Wildman–Crippen LogP) is 6.01. The van der Waals surface area contributed by atoms with Crippen LogP contribution in [0, 0.1) is 23.7 Å². The summed E-state index contributed by atoms with van der Waals surface area (Å²) in [7, 11) is 0. The van der Waals surface area contributed by atoms with Crippen LogP contribution in [0.5, 0.6) is 0 Å². The van der Waals surface area contributed by atoms with E-state index >= 15 is 0 Å². The van der Waals surface area contributed by atoms with E-state index in [4.69, 9.17) is 10.8 Å². The summed E-state index contributed by atoms with van der Waals surface area (Å²) < 4.78 is 5.92. The van der Waals surface area contributed by atoms with Crippen molar-refractivity contribution in [3.8, 4) is 23.1 Å². The number of aryl methyl sites for hydroxylation is 1. The van der Waals surface area contributed by atoms with Gasteiger partial charge < -0.3 is 4.42 Å². The first-order valence-corrected chi connectivity index (χ1v) is 11.6. The van der Waals surface area contributed by atoms with Gasteiger partial charge in [-0.2, -0.15) is 10.2 Å². The van der Waals surface area contributed by atoms with E-state index in [0.29, 0.717) is 22.9 Å². The SMILES string of the molecule is C#CCCC1(CCSc2nnc(-c3cc4c(s3)CCC(C(C)(C)C)C4)o2)N=N1. The highest BCUT2D eigenvalue weighted by molar-refractivity contribution is 7.99. The van der Waals surface area contributed by atoms with Gasteiger partial charge in [0.1, 0.15) is 0 Å². The van der Waals surface area contributed by atoms with Crippen molar-refractivity contribution in [1.82, 2.24) is 10.2 Å². The highest BCUT2D eigenvalue weighted by atomic mass is 32.2. The molecule has 0 bridgehead atoms. The molecule has 148 valence electrons. The lowest BCUT2D eigenvalue weighted by Crippen LogP contribution is -2.26. The maximum Gasteiger partial charge on any atom is 0.276 e. The first-order chi connectivity index (χ1) is 13.4. The molecule has 0 amide bonds. The van der Waals surface area contributed by atoms with Gasteiger partial charge in [0.25, 0.3) is 11.1 Å². The molecule has 4 rings (SSSR count). The van der Waals surface area contributed by atoms with Crippen LogP contribution in [0.1, 0.15) is 56.9 Å². The Hall–Kier alpha value is -1.65. The molecule has 0 radical (unpaired) electrons. The third-order valence-corrected chi connectivity index (χ3v) is 7.75. The number of thiophene rings is 1. The predicted molar refractivity (Wildman–Crippen MR) is 114 cm³/mol. The molecule has 5 nitrogen and oxygen atoms in total. The molecule has 0 spiro atoms. The molecule has 1 unspecified atom stereocenters. The third kappa shape index (κ3) is 4.33. The fourth-order valence-electron chi connectivity index (χ4n) is 3.71. The van der Waals surface area contributed by atoms with E-state index < -0.39 is 0 Å². The monoisotopic (exact) mass is 414 g/mol. The van der Waals surface area contributed by atoms with Crippen LogP contribution in [0.25, 0.3) is 10.8 Å². The Bertz CT molecular complexity index is 910. The van der Waals surface area contributed by atoms with Crippen LogP contribution < -0.4 is 0 Å². The fourth-order valence-corrected chi connectivity index (χ4v) is 5.68. The Morgan fingerprint density at radius 3 is 2.86 bits per heavy atom. The van der Waals surface area contributed by atoms with E-state index in [1.54, 1.807) is 11.8 Å². The number of terminal acetylenes is 1. The van der Waals surface area contributed by atoms with Crippen LogP contribution in [0.4, 0.5) is 0 Å². The molecule has 0 aromatic carbocycles. The van der Waals surface area contributed by atoms with Crippen LogP contribution in [0.3, 0.4) is 0 Å². The second-order valence-corrected chi connectivity index (χ2v) is 10.9. The molecule has 1 aliphatic heterocycles. The Morgan fingerprint density at radius 1 is 1.32 bits per heavy atom. The summed E-state index contributed by atoms with van der Waals surface area (Å²) in [4.78, 5) is 2.58. The highest BCUT2D eigenvalue weighted by Gasteiger charge is 2.38. The second-order valence-electron chi connectivity index (χ2n) is 8.72. The average molecular weight is 415 g/mol. The van der Waals surface area contributed by atoms with Gasteiger partial charge in [-0.25, -0.2) is 0 Å². The van der Waals surface area contributed by atoms with Gasteiger partial charge in [-0.3, -0.25) is 0 Å². The first kappa shape index (κ1) is 19.7. The smallest absolute Gasteiger partial charge is 0.276 e. The zero-order chi connectivity index (χ0) is 19.8. The molecule has 3 heterocycles. The van der Waals surface area contributed by atoms with Crippen LogP contribution in [0.2, 0.25) is 0 Å². The van der Waals surface area contributed by atoms with Crippen LogP contribution in [-0.2, 0) is 12.8 Å². The molecule has 2 aromatic heterocycles. The topological polar surface area (TPSA) is 63.6 Å². The van der Waals surface area contributed by atoms with Crippen molar-refractivity contribution >= 4 is 23.1 Å². The number of hydrogen-bond donors (Lipinski definition) is 0. The van der Waals surface area contributed by atoms with Crippen LogP contribution in [0.15, 0.2) is 25.9 Å².